The number of benzene rings is 7. The molecule has 0 spiro atoms. The van der Waals surface area contributed by atoms with Crippen LogP contribution in [0.5, 0.6) is 0 Å². The second kappa shape index (κ2) is 51.6. The van der Waals surface area contributed by atoms with Gasteiger partial charge < -0.3 is 34.5 Å². The van der Waals surface area contributed by atoms with Crippen molar-refractivity contribution in [3.63, 3.8) is 0 Å². The van der Waals surface area contributed by atoms with Crippen LogP contribution in [0.3, 0.4) is 0 Å². The highest BCUT2D eigenvalue weighted by Crippen LogP contribution is 2.32. The molecule has 0 saturated heterocycles. The highest BCUT2D eigenvalue weighted by Gasteiger charge is 2.55. The Morgan fingerprint density at radius 1 is 0.514 bits per heavy atom. The van der Waals surface area contributed by atoms with E-state index in [1.165, 1.54) is 87.6 Å². The van der Waals surface area contributed by atoms with Gasteiger partial charge in [-0.2, -0.15) is 69.9 Å². The molecular formula is C68H64Br7Cl2F15N2O14S. The molecule has 0 aliphatic rings. The van der Waals surface area contributed by atoms with E-state index in [-0.39, 0.29) is 64.3 Å². The molecule has 0 saturated carbocycles. The van der Waals surface area contributed by atoms with Gasteiger partial charge in [-0.25, -0.2) is 25.1 Å². The lowest BCUT2D eigenvalue weighted by molar-refractivity contribution is -0.158. The molecule has 7 rings (SSSR count). The van der Waals surface area contributed by atoms with Gasteiger partial charge >= 0.3 is 64.1 Å². The van der Waals surface area contributed by atoms with Gasteiger partial charge in [0.05, 0.1) is 83.6 Å². The largest absolute Gasteiger partial charge is 0.470 e. The zero-order valence-corrected chi connectivity index (χ0v) is 70.6. The number of nitrogens with zero attached hydrogens (tertiary/aromatic N) is 1. The minimum Gasteiger partial charge on any atom is -0.465 e. The number of aliphatic hydroxyl groups excluding tert-OH is 1. The van der Waals surface area contributed by atoms with Crippen LogP contribution in [0, 0.1) is 13.8 Å². The van der Waals surface area contributed by atoms with Crippen molar-refractivity contribution in [1.82, 2.24) is 0 Å². The lowest BCUT2D eigenvalue weighted by atomic mass is 10.1. The molecule has 0 aromatic heterocycles. The molecule has 0 atom stereocenters. The summed E-state index contributed by atoms with van der Waals surface area (Å²) in [5.41, 5.74) is 8.13. The molecule has 0 unspecified atom stereocenters. The summed E-state index contributed by atoms with van der Waals surface area (Å²) in [6.45, 7) is 9.53. The summed E-state index contributed by atoms with van der Waals surface area (Å²) in [5.74, 6) is -0.212. The number of aliphatic hydroxyl groups is 1. The maximum atomic E-state index is 12.2. The number of aryl methyl sites for hydroxylation is 2. The SMILES string of the molecule is C=C(C)c1cc(C)cc(Cl)c1.COC(=O)C(F)(F)S(=O)(=O)F.COC(=O)c1ccc(Br)c(C)c1.COC(=O)c1ccc(Br)c(CBr)c1.COC(=O)c1ccc(Br)c(CC(F)(F)F)c1.Cl.NO.O/N=C/c1ccc(Br)c(CC(F)(F)F)c1.O=Cc1ccc(Br)c(CC(F)(F)F)c1.OCc1ccc(Br)c(CC(F)(F)F)c1. The van der Waals surface area contributed by atoms with E-state index in [2.05, 4.69) is 154 Å². The number of halogens is 24. The topological polar surface area (TPSA) is 255 Å². The highest BCUT2D eigenvalue weighted by atomic mass is 79.9. The first-order valence-corrected chi connectivity index (χ1v) is 36.5. The Morgan fingerprint density at radius 2 is 0.853 bits per heavy atom. The van der Waals surface area contributed by atoms with Crippen LogP contribution in [-0.4, -0.2) is 119 Å². The van der Waals surface area contributed by atoms with Gasteiger partial charge in [0.1, 0.15) is 6.29 Å². The van der Waals surface area contributed by atoms with Gasteiger partial charge in [0, 0.05) is 42.8 Å². The monoisotopic (exact) mass is 2070 g/mol. The molecule has 7 aromatic rings. The smallest absolute Gasteiger partial charge is 0.465 e. The Morgan fingerprint density at radius 3 is 1.17 bits per heavy atom. The fourth-order valence-corrected chi connectivity index (χ4v) is 11.0. The first-order valence-electron chi connectivity index (χ1n) is 28.8. The number of nitrogens with two attached hydrogens (primary N) is 1. The molecule has 16 nitrogen and oxygen atoms in total. The van der Waals surface area contributed by atoms with Crippen molar-refractivity contribution in [1.29, 1.82) is 0 Å². The van der Waals surface area contributed by atoms with Crippen molar-refractivity contribution in [2.75, 3.05) is 28.4 Å². The Hall–Kier alpha value is -5.98. The number of methoxy groups -OCH3 is 4. The lowest BCUT2D eigenvalue weighted by Crippen LogP contribution is -2.36. The molecule has 604 valence electrons. The quantitative estimate of drug-likeness (QED) is 0.00909. The van der Waals surface area contributed by atoms with Crippen LogP contribution in [0.15, 0.2) is 166 Å². The molecule has 7 aromatic carbocycles. The van der Waals surface area contributed by atoms with Crippen molar-refractivity contribution < 1.29 is 132 Å². The van der Waals surface area contributed by atoms with Gasteiger partial charge in [-0.1, -0.05) is 175 Å². The number of carbonyl (C=O) groups is 5. The Kier molecular flexibility index (Phi) is 50.8. The van der Waals surface area contributed by atoms with Crippen LogP contribution in [-0.2, 0) is 71.6 Å². The van der Waals surface area contributed by atoms with E-state index in [9.17, 15) is 97.7 Å². The van der Waals surface area contributed by atoms with E-state index in [4.69, 9.17) is 27.1 Å². The number of alkyl halides is 15. The molecule has 0 aliphatic heterocycles. The van der Waals surface area contributed by atoms with Crippen molar-refractivity contribution in [3.8, 4) is 0 Å². The van der Waals surface area contributed by atoms with Crippen LogP contribution in [0.25, 0.3) is 5.57 Å². The molecule has 0 heterocycles. The zero-order valence-electron chi connectivity index (χ0n) is 57.1. The summed E-state index contributed by atoms with van der Waals surface area (Å²) in [6, 6.07) is 33.5. The average Bonchev–Trinajstić information content (AvgIpc) is 0.830. The number of aldehydes is 1. The third-order valence-electron chi connectivity index (χ3n) is 12.3. The molecule has 0 fully saturated rings. The predicted octanol–water partition coefficient (Wildman–Crippen LogP) is 22.3. The summed E-state index contributed by atoms with van der Waals surface area (Å²) in [6.07, 6.45) is -19.6. The predicted molar refractivity (Wildman–Crippen MR) is 407 cm³/mol. The van der Waals surface area contributed by atoms with E-state index in [1.54, 1.807) is 36.4 Å². The van der Waals surface area contributed by atoms with Crippen molar-refractivity contribution in [3.05, 3.63) is 244 Å². The summed E-state index contributed by atoms with van der Waals surface area (Å²) in [4.78, 5) is 53.5. The summed E-state index contributed by atoms with van der Waals surface area (Å²) < 4.78 is 220. The third kappa shape index (κ3) is 44.2. The third-order valence-corrected chi connectivity index (χ3v) is 18.6. The second-order valence-corrected chi connectivity index (χ2v) is 28.3. The van der Waals surface area contributed by atoms with Crippen molar-refractivity contribution in [2.24, 2.45) is 11.1 Å². The minimum absolute atomic E-state index is 0. The number of hydrogen-bond donors (Lipinski definition) is 4. The Bertz CT molecular complexity index is 4240. The van der Waals surface area contributed by atoms with Gasteiger partial charge in [-0.3, -0.25) is 4.79 Å². The number of esters is 4. The summed E-state index contributed by atoms with van der Waals surface area (Å²) in [7, 11) is -1.78. The first-order chi connectivity index (χ1) is 49.7. The number of ether oxygens (including phenoxy) is 4. The normalized spacial score (nSPS) is 10.9. The Labute approximate surface area is 685 Å². The molecule has 0 amide bonds. The van der Waals surface area contributed by atoms with E-state index in [1.807, 2.05) is 45.0 Å². The number of hydrogen-bond acceptors (Lipinski definition) is 16. The van der Waals surface area contributed by atoms with Gasteiger partial charge in [0.15, 0.2) is 0 Å². The molecule has 0 aliphatic carbocycles. The van der Waals surface area contributed by atoms with E-state index in [0.29, 0.717) is 58.9 Å². The van der Waals surface area contributed by atoms with E-state index in [0.717, 1.165) is 42.4 Å². The molecular weight excluding hydrogens is 2020 g/mol. The number of oxime groups is 1. The molecule has 5 N–H and O–H groups in total. The van der Waals surface area contributed by atoms with Crippen LogP contribution >= 0.6 is 136 Å². The fourth-order valence-electron chi connectivity index (χ4n) is 7.37. The second-order valence-electron chi connectivity index (χ2n) is 20.7. The number of carbonyl (C=O) groups excluding carboxylic acids is 5. The Balaban J connectivity index is -0.00000118. The first kappa shape index (κ1) is 107. The van der Waals surface area contributed by atoms with Gasteiger partial charge in [0.25, 0.3) is 0 Å². The van der Waals surface area contributed by atoms with Crippen LogP contribution in [0.4, 0.5) is 65.4 Å². The van der Waals surface area contributed by atoms with Crippen molar-refractivity contribution in [2.45, 2.75) is 88.4 Å². The van der Waals surface area contributed by atoms with E-state index >= 15 is 0 Å². The van der Waals surface area contributed by atoms with Crippen LogP contribution in [0.1, 0.15) is 104 Å². The van der Waals surface area contributed by atoms with Crippen LogP contribution < -0.4 is 5.90 Å². The average molecular weight is 2080 g/mol. The van der Waals surface area contributed by atoms with Gasteiger partial charge in [-0.05, 0) is 173 Å². The zero-order chi connectivity index (χ0) is 84.1. The molecule has 41 heteroatoms. The summed E-state index contributed by atoms with van der Waals surface area (Å²) in [5, 5.41) is 22.6. The molecule has 0 radical (unpaired) electrons. The summed E-state index contributed by atoms with van der Waals surface area (Å²) >= 11 is 28.0. The standard InChI is InChI=1S/C10H8BrF3O2.C10H11Cl.C9H8Br2O2.C9H7BrF3NO.C9H8BrF3O.C9H6BrF3O.C9H9BrO2.C3H3F3O4S.ClH.H3NO/c1-16-9(15)6-2-3-8(11)7(4-6)5-10(12,13)14;1-7(2)9-4-8(3)5-10(11)6-9;1-13-9(12)6-2-3-8(11)7(4-6)5-10;10-8-2-1-6(5-14-15)3-7(8)4-9(11,12)13;2*10-8-2-1-6(5-14)3-7(8)4-9(11,12)13;1-6-5-7(9(11)12-2)3-4-8(6)10;1-10-2(7)3(4,5)11(6,8)9;;1-2/h2-4H,5H2,1H3;4-6H,1H2,2-3H3;2-4H,5H2,1H3;1-3,5,15H,4H2;1-3,14H,4-5H2;1-3,5H,4H2;3-5H,1-2H3;1H3;1H;2H,1H2/b;;;14-5+;;;;;;. The van der Waals surface area contributed by atoms with Gasteiger partial charge in [-0.15, -0.1) is 12.4 Å². The lowest BCUT2D eigenvalue weighted by Gasteiger charge is -2.09. The fraction of sp³-hybridized carbons (Fsp3) is 0.265. The number of rotatable bonds is 14. The highest BCUT2D eigenvalue weighted by molar-refractivity contribution is 9.11. The van der Waals surface area contributed by atoms with Gasteiger partial charge in [0.2, 0.25) is 0 Å². The van der Waals surface area contributed by atoms with E-state index < -0.39 is 77.8 Å². The van der Waals surface area contributed by atoms with Crippen molar-refractivity contribution >= 4 is 188 Å². The molecule has 109 heavy (non-hydrogen) atoms. The molecule has 0 bridgehead atoms. The van der Waals surface area contributed by atoms with Crippen LogP contribution in [0.2, 0.25) is 5.02 Å². The number of allylic oxidation sites excluding steroid dienone is 1. The maximum Gasteiger partial charge on any atom is 0.470 e. The maximum absolute atomic E-state index is 12.2. The minimum atomic E-state index is -6.22.